The van der Waals surface area contributed by atoms with Crippen molar-refractivity contribution >= 4 is 16.6 Å². The quantitative estimate of drug-likeness (QED) is 0.538. The van der Waals surface area contributed by atoms with Crippen molar-refractivity contribution in [3.05, 3.63) is 36.0 Å². The van der Waals surface area contributed by atoms with Crippen molar-refractivity contribution in [1.82, 2.24) is 4.98 Å². The smallest absolute Gasteiger partial charge is 0.149 e. The maximum Gasteiger partial charge on any atom is 0.149 e. The number of rotatable bonds is 1. The van der Waals surface area contributed by atoms with Gasteiger partial charge in [-0.2, -0.15) is 0 Å². The van der Waals surface area contributed by atoms with E-state index >= 15 is 0 Å². The second kappa shape index (κ2) is 3.19. The number of benzene rings is 1. The molecule has 72 valence electrons. The van der Waals surface area contributed by atoms with Crippen molar-refractivity contribution < 1.29 is 8.78 Å². The van der Waals surface area contributed by atoms with Gasteiger partial charge in [0.2, 0.25) is 0 Å². The molecule has 0 aliphatic carbocycles. The van der Waals surface area contributed by atoms with Crippen molar-refractivity contribution in [3.63, 3.8) is 0 Å². The van der Waals surface area contributed by atoms with Gasteiger partial charge >= 0.3 is 0 Å². The predicted octanol–water partition coefficient (Wildman–Crippen LogP) is 1.80. The molecule has 0 unspecified atom stereocenters. The van der Waals surface area contributed by atoms with Crippen molar-refractivity contribution in [3.8, 4) is 0 Å². The van der Waals surface area contributed by atoms with E-state index in [0.717, 1.165) is 12.1 Å². The SMILES string of the molecule is NNc1ccnc2c(F)ccc(F)c12. The zero-order valence-corrected chi connectivity index (χ0v) is 7.09. The van der Waals surface area contributed by atoms with Crippen molar-refractivity contribution in [2.45, 2.75) is 0 Å². The number of hydrazine groups is 1. The molecule has 0 atom stereocenters. The number of nitrogen functional groups attached to an aromatic ring is 1. The van der Waals surface area contributed by atoms with Gasteiger partial charge < -0.3 is 5.43 Å². The Labute approximate surface area is 78.5 Å². The summed E-state index contributed by atoms with van der Waals surface area (Å²) in [5, 5.41) is 0.0648. The van der Waals surface area contributed by atoms with E-state index in [9.17, 15) is 8.78 Å². The van der Waals surface area contributed by atoms with Crippen molar-refractivity contribution in [2.24, 2.45) is 5.84 Å². The maximum absolute atomic E-state index is 13.3. The zero-order valence-electron chi connectivity index (χ0n) is 7.09. The van der Waals surface area contributed by atoms with Gasteiger partial charge in [0.15, 0.2) is 0 Å². The van der Waals surface area contributed by atoms with Crippen LogP contribution in [0.5, 0.6) is 0 Å². The lowest BCUT2D eigenvalue weighted by atomic mass is 10.1. The first-order valence-electron chi connectivity index (χ1n) is 3.93. The van der Waals surface area contributed by atoms with E-state index in [1.165, 1.54) is 12.3 Å². The summed E-state index contributed by atoms with van der Waals surface area (Å²) in [6.07, 6.45) is 1.36. The molecule has 3 N–H and O–H groups in total. The Bertz CT molecular complexity index is 485. The summed E-state index contributed by atoms with van der Waals surface area (Å²) in [4.78, 5) is 3.74. The van der Waals surface area contributed by atoms with Gasteiger partial charge in [0.05, 0.1) is 11.1 Å². The number of nitrogens with two attached hydrogens (primary N) is 1. The van der Waals surface area contributed by atoms with Gasteiger partial charge in [-0.15, -0.1) is 0 Å². The highest BCUT2D eigenvalue weighted by atomic mass is 19.1. The molecule has 1 heterocycles. The number of nitrogens with zero attached hydrogens (tertiary/aromatic N) is 1. The minimum atomic E-state index is -0.571. The molecule has 14 heavy (non-hydrogen) atoms. The molecule has 0 amide bonds. The van der Waals surface area contributed by atoms with E-state index in [1.807, 2.05) is 0 Å². The van der Waals surface area contributed by atoms with Crippen LogP contribution < -0.4 is 11.3 Å². The van der Waals surface area contributed by atoms with Crippen molar-refractivity contribution in [1.29, 1.82) is 0 Å². The first kappa shape index (κ1) is 8.83. The number of nitrogens with one attached hydrogen (secondary N) is 1. The van der Waals surface area contributed by atoms with Gasteiger partial charge in [0.25, 0.3) is 0 Å². The molecule has 0 aliphatic rings. The third kappa shape index (κ3) is 1.18. The number of anilines is 1. The molecule has 0 aliphatic heterocycles. The lowest BCUT2D eigenvalue weighted by Crippen LogP contribution is -2.08. The molecule has 0 radical (unpaired) electrons. The fourth-order valence-electron chi connectivity index (χ4n) is 1.31. The minimum Gasteiger partial charge on any atom is -0.323 e. The first-order chi connectivity index (χ1) is 6.74. The first-order valence-corrected chi connectivity index (χ1v) is 3.93. The molecule has 0 fully saturated rings. The summed E-state index contributed by atoms with van der Waals surface area (Å²) < 4.78 is 26.5. The summed E-state index contributed by atoms with van der Waals surface area (Å²) in [5.41, 5.74) is 2.58. The van der Waals surface area contributed by atoms with Gasteiger partial charge in [0, 0.05) is 6.20 Å². The molecule has 2 aromatic rings. The molecule has 0 bridgehead atoms. The molecule has 2 rings (SSSR count). The molecule has 0 saturated heterocycles. The predicted molar refractivity (Wildman–Crippen MR) is 49.5 cm³/mol. The summed E-state index contributed by atoms with van der Waals surface area (Å²) in [5.74, 6) is 4.04. The fourth-order valence-corrected chi connectivity index (χ4v) is 1.31. The van der Waals surface area contributed by atoms with Gasteiger partial charge in [-0.3, -0.25) is 10.8 Å². The molecule has 0 saturated carbocycles. The van der Waals surface area contributed by atoms with Crippen LogP contribution in [0.15, 0.2) is 24.4 Å². The normalized spacial score (nSPS) is 10.5. The molecule has 3 nitrogen and oxygen atoms in total. The summed E-state index contributed by atoms with van der Waals surface area (Å²) >= 11 is 0. The Kier molecular flexibility index (Phi) is 2.01. The average Bonchev–Trinajstić information content (AvgIpc) is 2.23. The Hall–Kier alpha value is -1.75. The summed E-state index contributed by atoms with van der Waals surface area (Å²) in [6, 6.07) is 3.55. The number of aromatic nitrogens is 1. The van der Waals surface area contributed by atoms with E-state index in [1.54, 1.807) is 0 Å². The van der Waals surface area contributed by atoms with Crippen LogP contribution in [0.3, 0.4) is 0 Å². The summed E-state index contributed by atoms with van der Waals surface area (Å²) in [7, 11) is 0. The number of pyridine rings is 1. The topological polar surface area (TPSA) is 50.9 Å². The van der Waals surface area contributed by atoms with E-state index in [4.69, 9.17) is 5.84 Å². The molecular formula is C9H7F2N3. The largest absolute Gasteiger partial charge is 0.323 e. The number of hydrogen-bond donors (Lipinski definition) is 2. The highest BCUT2D eigenvalue weighted by Gasteiger charge is 2.10. The van der Waals surface area contributed by atoms with Crippen LogP contribution in [0.1, 0.15) is 0 Å². The standard InChI is InChI=1S/C9H7F2N3/c10-5-1-2-6(11)9-8(5)7(14-12)3-4-13-9/h1-4H,12H2,(H,13,14). The summed E-state index contributed by atoms with van der Waals surface area (Å²) in [6.45, 7) is 0. The highest BCUT2D eigenvalue weighted by molar-refractivity contribution is 5.91. The maximum atomic E-state index is 13.3. The van der Waals surface area contributed by atoms with E-state index in [2.05, 4.69) is 10.4 Å². The number of hydrogen-bond acceptors (Lipinski definition) is 3. The monoisotopic (exact) mass is 195 g/mol. The molecule has 1 aromatic heterocycles. The Morgan fingerprint density at radius 3 is 2.57 bits per heavy atom. The van der Waals surface area contributed by atoms with Crippen LogP contribution in [-0.2, 0) is 0 Å². The third-order valence-corrected chi connectivity index (χ3v) is 1.95. The Morgan fingerprint density at radius 2 is 1.86 bits per heavy atom. The minimum absolute atomic E-state index is 0.0274. The van der Waals surface area contributed by atoms with E-state index in [0.29, 0.717) is 5.69 Å². The number of fused-ring (bicyclic) bond motifs is 1. The van der Waals surface area contributed by atoms with Crippen LogP contribution in [0, 0.1) is 11.6 Å². The van der Waals surface area contributed by atoms with Crippen LogP contribution in [0.4, 0.5) is 14.5 Å². The van der Waals surface area contributed by atoms with Crippen LogP contribution in [0.2, 0.25) is 0 Å². The lowest BCUT2D eigenvalue weighted by molar-refractivity contribution is 0.615. The fraction of sp³-hybridized carbons (Fsp3) is 0. The Morgan fingerprint density at radius 1 is 1.14 bits per heavy atom. The van der Waals surface area contributed by atoms with Gasteiger partial charge in [-0.05, 0) is 18.2 Å². The van der Waals surface area contributed by atoms with Gasteiger partial charge in [0.1, 0.15) is 17.2 Å². The number of halogens is 2. The second-order valence-corrected chi connectivity index (χ2v) is 2.76. The lowest BCUT2D eigenvalue weighted by Gasteiger charge is -2.05. The Balaban J connectivity index is 2.92. The van der Waals surface area contributed by atoms with Crippen molar-refractivity contribution in [2.75, 3.05) is 5.43 Å². The van der Waals surface area contributed by atoms with Crippen LogP contribution >= 0.6 is 0 Å². The zero-order chi connectivity index (χ0) is 10.1. The molecule has 5 heteroatoms. The average molecular weight is 195 g/mol. The highest BCUT2D eigenvalue weighted by Crippen LogP contribution is 2.25. The van der Waals surface area contributed by atoms with E-state index in [-0.39, 0.29) is 10.9 Å². The molecule has 1 aromatic carbocycles. The second-order valence-electron chi connectivity index (χ2n) is 2.76. The molecular weight excluding hydrogens is 188 g/mol. The van der Waals surface area contributed by atoms with Crippen LogP contribution in [-0.4, -0.2) is 4.98 Å². The van der Waals surface area contributed by atoms with Gasteiger partial charge in [-0.25, -0.2) is 8.78 Å². The van der Waals surface area contributed by atoms with Gasteiger partial charge in [-0.1, -0.05) is 0 Å². The van der Waals surface area contributed by atoms with Crippen LogP contribution in [0.25, 0.3) is 10.9 Å². The molecule has 0 spiro atoms. The van der Waals surface area contributed by atoms with E-state index < -0.39 is 11.6 Å². The third-order valence-electron chi connectivity index (χ3n) is 1.95.